The molecule has 1 fully saturated rings. The van der Waals surface area contributed by atoms with Crippen LogP contribution < -0.4 is 0 Å². The number of hydrogen-bond acceptors (Lipinski definition) is 3. The predicted molar refractivity (Wildman–Crippen MR) is 45.4 cm³/mol. The first-order chi connectivity index (χ1) is 5.95. The van der Waals surface area contributed by atoms with Gasteiger partial charge < -0.3 is 9.47 Å². The Kier molecular flexibility index (Phi) is 1.94. The average Bonchev–Trinajstić information content (AvgIpc) is 2.59. The number of para-hydroxylation sites is 1. The lowest BCUT2D eigenvalue weighted by Crippen LogP contribution is -1.94. The zero-order valence-electron chi connectivity index (χ0n) is 6.56. The van der Waals surface area contributed by atoms with Gasteiger partial charge in [-0.25, -0.2) is 0 Å². The van der Waals surface area contributed by atoms with Crippen LogP contribution in [-0.4, -0.2) is 19.3 Å². The SMILES string of the molecule is c1ccc(N=C2OCCO2)cc1. The molecule has 0 aliphatic carbocycles. The van der Waals surface area contributed by atoms with Crippen molar-refractivity contribution in [1.82, 2.24) is 0 Å². The van der Waals surface area contributed by atoms with Gasteiger partial charge in [-0.15, -0.1) is 0 Å². The van der Waals surface area contributed by atoms with Gasteiger partial charge in [0, 0.05) is 0 Å². The van der Waals surface area contributed by atoms with E-state index in [1.807, 2.05) is 30.3 Å². The van der Waals surface area contributed by atoms with Crippen molar-refractivity contribution in [2.75, 3.05) is 13.2 Å². The number of rotatable bonds is 1. The van der Waals surface area contributed by atoms with Gasteiger partial charge in [0.1, 0.15) is 13.2 Å². The highest BCUT2D eigenvalue weighted by Gasteiger charge is 2.09. The van der Waals surface area contributed by atoms with Gasteiger partial charge in [0.15, 0.2) is 0 Å². The van der Waals surface area contributed by atoms with Gasteiger partial charge in [-0.3, -0.25) is 0 Å². The molecule has 3 heteroatoms. The van der Waals surface area contributed by atoms with Crippen LogP contribution in [0.15, 0.2) is 35.3 Å². The Hall–Kier alpha value is -1.51. The van der Waals surface area contributed by atoms with Gasteiger partial charge in [0.05, 0.1) is 5.69 Å². The first-order valence-electron chi connectivity index (χ1n) is 3.84. The lowest BCUT2D eigenvalue weighted by atomic mass is 10.3. The third-order valence-corrected chi connectivity index (χ3v) is 1.51. The first-order valence-corrected chi connectivity index (χ1v) is 3.84. The predicted octanol–water partition coefficient (Wildman–Crippen LogP) is 1.72. The third kappa shape index (κ3) is 1.56. The summed E-state index contributed by atoms with van der Waals surface area (Å²) in [6, 6.07) is 9.60. The van der Waals surface area contributed by atoms with Gasteiger partial charge in [-0.1, -0.05) is 18.2 Å². The molecule has 1 aliphatic heterocycles. The summed E-state index contributed by atoms with van der Waals surface area (Å²) in [5, 5.41) is 0. The summed E-state index contributed by atoms with van der Waals surface area (Å²) < 4.78 is 10.2. The second kappa shape index (κ2) is 3.26. The maximum absolute atomic E-state index is 5.08. The fraction of sp³-hybridized carbons (Fsp3) is 0.222. The molecule has 0 atom stereocenters. The molecule has 0 saturated carbocycles. The molecule has 12 heavy (non-hydrogen) atoms. The fourth-order valence-corrected chi connectivity index (χ4v) is 0.972. The number of ether oxygens (including phenoxy) is 2. The van der Waals surface area contributed by atoms with E-state index < -0.39 is 0 Å². The normalized spacial score (nSPS) is 15.2. The van der Waals surface area contributed by atoms with Crippen LogP contribution in [0, 0.1) is 0 Å². The Morgan fingerprint density at radius 2 is 1.67 bits per heavy atom. The molecule has 0 N–H and O–H groups in total. The molecule has 0 aromatic heterocycles. The van der Waals surface area contributed by atoms with Crippen molar-refractivity contribution < 1.29 is 9.47 Å². The molecule has 1 aliphatic rings. The molecule has 2 rings (SSSR count). The van der Waals surface area contributed by atoms with E-state index in [0.717, 1.165) is 5.69 Å². The summed E-state index contributed by atoms with van der Waals surface area (Å²) in [5.74, 6) is 0. The highest BCUT2D eigenvalue weighted by molar-refractivity contribution is 5.72. The van der Waals surface area contributed by atoms with E-state index in [4.69, 9.17) is 9.47 Å². The molecular weight excluding hydrogens is 154 g/mol. The van der Waals surface area contributed by atoms with Crippen LogP contribution in [0.25, 0.3) is 0 Å². The Balaban J connectivity index is 2.16. The van der Waals surface area contributed by atoms with Crippen LogP contribution in [0.5, 0.6) is 0 Å². The zero-order valence-corrected chi connectivity index (χ0v) is 6.56. The molecule has 1 aromatic rings. The van der Waals surface area contributed by atoms with Gasteiger partial charge in [0.2, 0.25) is 0 Å². The first kappa shape index (κ1) is 7.16. The Morgan fingerprint density at radius 1 is 1.00 bits per heavy atom. The molecule has 0 spiro atoms. The minimum atomic E-state index is 0.376. The average molecular weight is 163 g/mol. The van der Waals surface area contributed by atoms with E-state index in [-0.39, 0.29) is 0 Å². The van der Waals surface area contributed by atoms with Crippen LogP contribution in [0.3, 0.4) is 0 Å². The van der Waals surface area contributed by atoms with E-state index in [1.54, 1.807) is 0 Å². The Labute approximate surface area is 70.6 Å². The lowest BCUT2D eigenvalue weighted by molar-refractivity contribution is 0.337. The molecule has 1 aromatic carbocycles. The van der Waals surface area contributed by atoms with Crippen LogP contribution in [0.2, 0.25) is 0 Å². The Bertz CT molecular complexity index is 274. The summed E-state index contributed by atoms with van der Waals surface area (Å²) in [5.41, 5.74) is 0.856. The van der Waals surface area contributed by atoms with Crippen molar-refractivity contribution >= 4 is 11.8 Å². The van der Waals surface area contributed by atoms with E-state index in [1.165, 1.54) is 0 Å². The summed E-state index contributed by atoms with van der Waals surface area (Å²) in [6.07, 6.45) is 0.376. The molecule has 0 unspecified atom stereocenters. The molecule has 62 valence electrons. The largest absolute Gasteiger partial charge is 0.447 e. The maximum Gasteiger partial charge on any atom is 0.389 e. The summed E-state index contributed by atoms with van der Waals surface area (Å²) >= 11 is 0. The van der Waals surface area contributed by atoms with Crippen LogP contribution in [0.4, 0.5) is 5.69 Å². The van der Waals surface area contributed by atoms with Crippen molar-refractivity contribution in [2.24, 2.45) is 4.99 Å². The number of benzene rings is 1. The summed E-state index contributed by atoms with van der Waals surface area (Å²) in [6.45, 7) is 1.21. The van der Waals surface area contributed by atoms with Crippen LogP contribution in [0.1, 0.15) is 0 Å². The quantitative estimate of drug-likeness (QED) is 0.631. The lowest BCUT2D eigenvalue weighted by Gasteiger charge is -1.95. The van der Waals surface area contributed by atoms with Crippen molar-refractivity contribution in [3.8, 4) is 0 Å². The zero-order chi connectivity index (χ0) is 8.23. The fourth-order valence-electron chi connectivity index (χ4n) is 0.972. The standard InChI is InChI=1S/C9H9NO2/c1-2-4-8(5-3-1)10-9-11-6-7-12-9/h1-5H,6-7H2. The van der Waals surface area contributed by atoms with Gasteiger partial charge in [0.25, 0.3) is 0 Å². The van der Waals surface area contributed by atoms with Crippen molar-refractivity contribution in [3.63, 3.8) is 0 Å². The van der Waals surface area contributed by atoms with Gasteiger partial charge in [-0.2, -0.15) is 4.99 Å². The smallest absolute Gasteiger partial charge is 0.389 e. The molecule has 3 nitrogen and oxygen atoms in total. The number of hydrogen-bond donors (Lipinski definition) is 0. The Morgan fingerprint density at radius 3 is 2.33 bits per heavy atom. The monoisotopic (exact) mass is 163 g/mol. The molecule has 1 saturated heterocycles. The molecule has 1 heterocycles. The molecule has 0 amide bonds. The minimum absolute atomic E-state index is 0.376. The van der Waals surface area contributed by atoms with Crippen LogP contribution in [-0.2, 0) is 9.47 Å². The highest BCUT2D eigenvalue weighted by Crippen LogP contribution is 2.11. The second-order valence-electron chi connectivity index (χ2n) is 2.41. The number of aliphatic imine (C=N–C) groups is 1. The minimum Gasteiger partial charge on any atom is -0.447 e. The van der Waals surface area contributed by atoms with E-state index >= 15 is 0 Å². The van der Waals surface area contributed by atoms with Crippen LogP contribution >= 0.6 is 0 Å². The van der Waals surface area contributed by atoms with Crippen molar-refractivity contribution in [1.29, 1.82) is 0 Å². The topological polar surface area (TPSA) is 30.8 Å². The van der Waals surface area contributed by atoms with Gasteiger partial charge >= 0.3 is 6.08 Å². The third-order valence-electron chi connectivity index (χ3n) is 1.51. The van der Waals surface area contributed by atoms with Crippen molar-refractivity contribution in [2.45, 2.75) is 0 Å². The summed E-state index contributed by atoms with van der Waals surface area (Å²) in [7, 11) is 0. The van der Waals surface area contributed by atoms with E-state index in [9.17, 15) is 0 Å². The summed E-state index contributed by atoms with van der Waals surface area (Å²) in [4.78, 5) is 4.13. The van der Waals surface area contributed by atoms with Gasteiger partial charge in [-0.05, 0) is 12.1 Å². The van der Waals surface area contributed by atoms with E-state index in [0.29, 0.717) is 19.3 Å². The number of nitrogens with zero attached hydrogens (tertiary/aromatic N) is 1. The molecule has 0 bridgehead atoms. The molecule has 0 radical (unpaired) electrons. The highest BCUT2D eigenvalue weighted by atomic mass is 16.7. The maximum atomic E-state index is 5.08. The van der Waals surface area contributed by atoms with E-state index in [2.05, 4.69) is 4.99 Å². The van der Waals surface area contributed by atoms with Crippen molar-refractivity contribution in [3.05, 3.63) is 30.3 Å². The second-order valence-corrected chi connectivity index (χ2v) is 2.41. The molecular formula is C9H9NO2.